The number of β-amino-alcohol motifs (C(OH)–C–C–N with tert-alkyl or cyclic N) is 1. The van der Waals surface area contributed by atoms with E-state index in [0.717, 1.165) is 6.26 Å². The molecule has 1 aromatic rings. The van der Waals surface area contributed by atoms with Crippen LogP contribution in [0.25, 0.3) is 0 Å². The molecular weight excluding hydrogens is 386 g/mol. The quantitative estimate of drug-likeness (QED) is 0.723. The average molecular weight is 411 g/mol. The zero-order valence-electron chi connectivity index (χ0n) is 16.2. The van der Waals surface area contributed by atoms with Gasteiger partial charge in [-0.15, -0.1) is 0 Å². The predicted molar refractivity (Wildman–Crippen MR) is 100 cm³/mol. The number of hydrogen-bond donors (Lipinski definition) is 2. The van der Waals surface area contributed by atoms with Crippen molar-refractivity contribution in [3.8, 4) is 0 Å². The summed E-state index contributed by atoms with van der Waals surface area (Å²) in [5.74, 6) is -0.398. The summed E-state index contributed by atoms with van der Waals surface area (Å²) in [6, 6.07) is 4.84. The van der Waals surface area contributed by atoms with E-state index >= 15 is 0 Å². The van der Waals surface area contributed by atoms with Crippen molar-refractivity contribution in [2.75, 3.05) is 19.3 Å². The number of likely N-dealkylation sites (tertiary alicyclic amines) is 1. The van der Waals surface area contributed by atoms with Gasteiger partial charge in [-0.3, -0.25) is 4.79 Å². The highest BCUT2D eigenvalue weighted by molar-refractivity contribution is 7.90. The minimum Gasteiger partial charge on any atom is -0.443 e. The summed E-state index contributed by atoms with van der Waals surface area (Å²) in [6.07, 6.45) is -0.369. The maximum Gasteiger partial charge on any atom is 0.424 e. The Morgan fingerprint density at radius 2 is 1.93 bits per heavy atom. The van der Waals surface area contributed by atoms with E-state index in [-0.39, 0.29) is 23.5 Å². The Morgan fingerprint density at radius 1 is 1.25 bits per heavy atom. The van der Waals surface area contributed by atoms with Crippen LogP contribution in [0.4, 0.5) is 4.79 Å². The number of hydrazine groups is 1. The van der Waals surface area contributed by atoms with Crippen LogP contribution in [0.15, 0.2) is 29.2 Å². The molecule has 3 unspecified atom stereocenters. The lowest BCUT2D eigenvalue weighted by atomic mass is 10.1. The van der Waals surface area contributed by atoms with Crippen LogP contribution < -0.4 is 5.43 Å². The van der Waals surface area contributed by atoms with Crippen molar-refractivity contribution in [3.63, 3.8) is 0 Å². The fraction of sp³-hybridized carbons (Fsp3) is 0.556. The molecular formula is C18H25N3O6S. The highest BCUT2D eigenvalue weighted by atomic mass is 32.2. The van der Waals surface area contributed by atoms with Gasteiger partial charge in [0.25, 0.3) is 5.91 Å². The van der Waals surface area contributed by atoms with Crippen LogP contribution in [0, 0.1) is 0 Å². The Labute approximate surface area is 164 Å². The highest BCUT2D eigenvalue weighted by Crippen LogP contribution is 2.27. The number of ether oxygens (including phenoxy) is 1. The van der Waals surface area contributed by atoms with Gasteiger partial charge in [-0.25, -0.2) is 23.6 Å². The van der Waals surface area contributed by atoms with Gasteiger partial charge in [0, 0.05) is 18.4 Å². The number of sulfone groups is 1. The van der Waals surface area contributed by atoms with Gasteiger partial charge in [-0.05, 0) is 39.0 Å². The molecule has 0 radical (unpaired) electrons. The summed E-state index contributed by atoms with van der Waals surface area (Å²) in [5.41, 5.74) is 2.46. The first kappa shape index (κ1) is 20.6. The van der Waals surface area contributed by atoms with Crippen LogP contribution in [0.1, 0.15) is 31.1 Å². The van der Waals surface area contributed by atoms with E-state index in [1.54, 1.807) is 20.8 Å². The molecule has 28 heavy (non-hydrogen) atoms. The molecule has 10 heteroatoms. The molecule has 0 aliphatic carbocycles. The van der Waals surface area contributed by atoms with Crippen LogP contribution >= 0.6 is 0 Å². The summed E-state index contributed by atoms with van der Waals surface area (Å²) >= 11 is 0. The van der Waals surface area contributed by atoms with E-state index in [1.165, 1.54) is 34.2 Å². The number of carbonyl (C=O) groups is 2. The summed E-state index contributed by atoms with van der Waals surface area (Å²) in [7, 11) is -3.45. The topological polar surface area (TPSA) is 116 Å². The number of rotatable bonds is 2. The van der Waals surface area contributed by atoms with E-state index in [9.17, 15) is 23.1 Å². The lowest BCUT2D eigenvalue weighted by Gasteiger charge is -2.27. The van der Waals surface area contributed by atoms with Crippen LogP contribution in [0.2, 0.25) is 0 Å². The molecule has 9 nitrogen and oxygen atoms in total. The summed E-state index contributed by atoms with van der Waals surface area (Å²) in [5, 5.41) is 11.6. The van der Waals surface area contributed by atoms with Crippen molar-refractivity contribution in [2.45, 2.75) is 49.5 Å². The van der Waals surface area contributed by atoms with E-state index in [1.807, 2.05) is 0 Å². The average Bonchev–Trinajstić information content (AvgIpc) is 3.13. The molecule has 154 valence electrons. The van der Waals surface area contributed by atoms with Crippen LogP contribution in [-0.4, -0.2) is 78.6 Å². The van der Waals surface area contributed by atoms with Gasteiger partial charge in [0.05, 0.1) is 29.6 Å². The second-order valence-electron chi connectivity index (χ2n) is 8.14. The van der Waals surface area contributed by atoms with Crippen molar-refractivity contribution in [3.05, 3.63) is 29.8 Å². The first-order valence-corrected chi connectivity index (χ1v) is 10.8. The second-order valence-corrected chi connectivity index (χ2v) is 10.2. The lowest BCUT2D eigenvalue weighted by molar-refractivity contribution is 0.0142. The Kier molecular flexibility index (Phi) is 5.15. The van der Waals surface area contributed by atoms with Gasteiger partial charge in [0.15, 0.2) is 9.84 Å². The minimum atomic E-state index is -3.45. The molecule has 0 bridgehead atoms. The van der Waals surface area contributed by atoms with Crippen LogP contribution in [0.5, 0.6) is 0 Å². The SMILES string of the molecule is CC(C)(C)OC(=O)N1CC2C(N1)C(O)CN2C(=O)c1cccc(S(C)(=O)=O)c1. The van der Waals surface area contributed by atoms with Crippen molar-refractivity contribution in [1.29, 1.82) is 0 Å². The number of amides is 2. The summed E-state index contributed by atoms with van der Waals surface area (Å²) < 4.78 is 28.9. The van der Waals surface area contributed by atoms with Crippen molar-refractivity contribution in [2.24, 2.45) is 0 Å². The fourth-order valence-electron chi connectivity index (χ4n) is 3.41. The third kappa shape index (κ3) is 4.13. The standard InChI is InChI=1S/C18H25N3O6S/c1-18(2,3)27-17(24)21-9-13-15(19-21)14(22)10-20(13)16(23)11-6-5-7-12(8-11)28(4,25)26/h5-8,13-15,19,22H,9-10H2,1-4H3. The van der Waals surface area contributed by atoms with E-state index in [4.69, 9.17) is 4.74 Å². The smallest absolute Gasteiger partial charge is 0.424 e. The molecule has 2 amide bonds. The van der Waals surface area contributed by atoms with Gasteiger partial charge >= 0.3 is 6.09 Å². The fourth-order valence-corrected chi connectivity index (χ4v) is 4.07. The Bertz CT molecular complexity index is 895. The molecule has 2 N–H and O–H groups in total. The molecule has 1 aromatic carbocycles. The van der Waals surface area contributed by atoms with Gasteiger partial charge in [-0.1, -0.05) is 6.07 Å². The Balaban J connectivity index is 1.79. The van der Waals surface area contributed by atoms with Gasteiger partial charge in [0.2, 0.25) is 0 Å². The first-order valence-electron chi connectivity index (χ1n) is 8.93. The number of aliphatic hydroxyl groups excluding tert-OH is 1. The molecule has 2 aliphatic rings. The van der Waals surface area contributed by atoms with E-state index in [2.05, 4.69) is 5.43 Å². The molecule has 2 aliphatic heterocycles. The third-order valence-corrected chi connectivity index (χ3v) is 5.78. The molecule has 2 saturated heterocycles. The number of hydrogen-bond acceptors (Lipinski definition) is 7. The normalized spacial score (nSPS) is 25.0. The summed E-state index contributed by atoms with van der Waals surface area (Å²) in [4.78, 5) is 26.8. The van der Waals surface area contributed by atoms with Gasteiger partial charge in [-0.2, -0.15) is 0 Å². The molecule has 2 fully saturated rings. The second kappa shape index (κ2) is 7.02. The third-order valence-electron chi connectivity index (χ3n) is 4.67. The zero-order valence-corrected chi connectivity index (χ0v) is 17.1. The number of aliphatic hydroxyl groups is 1. The molecule has 3 rings (SSSR count). The molecule has 2 heterocycles. The van der Waals surface area contributed by atoms with E-state index in [0.29, 0.717) is 0 Å². The highest BCUT2D eigenvalue weighted by Gasteiger charge is 2.50. The van der Waals surface area contributed by atoms with E-state index < -0.39 is 45.6 Å². The first-order chi connectivity index (χ1) is 12.9. The zero-order chi connectivity index (χ0) is 20.9. The van der Waals surface area contributed by atoms with Crippen LogP contribution in [0.3, 0.4) is 0 Å². The maximum atomic E-state index is 13.0. The van der Waals surface area contributed by atoms with Gasteiger partial charge in [0.1, 0.15) is 5.60 Å². The number of fused-ring (bicyclic) bond motifs is 1. The summed E-state index contributed by atoms with van der Waals surface area (Å²) in [6.45, 7) is 5.50. The monoisotopic (exact) mass is 411 g/mol. The molecule has 3 atom stereocenters. The van der Waals surface area contributed by atoms with Crippen LogP contribution in [-0.2, 0) is 14.6 Å². The Morgan fingerprint density at radius 3 is 2.54 bits per heavy atom. The number of nitrogens with zero attached hydrogens (tertiary/aromatic N) is 2. The minimum absolute atomic E-state index is 0.0505. The molecule has 0 saturated carbocycles. The van der Waals surface area contributed by atoms with Crippen molar-refractivity contribution in [1.82, 2.24) is 15.3 Å². The van der Waals surface area contributed by atoms with Crippen molar-refractivity contribution >= 4 is 21.8 Å². The Hall–Kier alpha value is -2.17. The van der Waals surface area contributed by atoms with Gasteiger partial charge < -0.3 is 14.7 Å². The number of carbonyl (C=O) groups excluding carboxylic acids is 2. The largest absolute Gasteiger partial charge is 0.443 e. The maximum absolute atomic E-state index is 13.0. The molecule has 0 aromatic heterocycles. The number of nitrogens with one attached hydrogen (secondary N) is 1. The van der Waals surface area contributed by atoms with Crippen molar-refractivity contribution < 1.29 is 27.9 Å². The predicted octanol–water partition coefficient (Wildman–Crippen LogP) is 0.399. The number of benzene rings is 1. The lowest BCUT2D eigenvalue weighted by Crippen LogP contribution is -2.46. The molecule has 0 spiro atoms.